The molecule has 0 aliphatic carbocycles. The zero-order valence-corrected chi connectivity index (χ0v) is 12.6. The van der Waals surface area contributed by atoms with E-state index in [1.54, 1.807) is 0 Å². The summed E-state index contributed by atoms with van der Waals surface area (Å²) in [5, 5.41) is 3.34. The van der Waals surface area contributed by atoms with Crippen LogP contribution in [0.5, 0.6) is 0 Å². The molecule has 0 aromatic rings. The summed E-state index contributed by atoms with van der Waals surface area (Å²) >= 11 is 0. The summed E-state index contributed by atoms with van der Waals surface area (Å²) < 4.78 is 12.0. The van der Waals surface area contributed by atoms with Gasteiger partial charge in [0, 0.05) is 12.7 Å². The van der Waals surface area contributed by atoms with Gasteiger partial charge in [-0.15, -0.1) is 0 Å². The second-order valence-electron chi connectivity index (χ2n) is 4.36. The van der Waals surface area contributed by atoms with Gasteiger partial charge in [-0.25, -0.2) is 0 Å². The molecule has 0 heterocycles. The van der Waals surface area contributed by atoms with E-state index in [2.05, 4.69) is 39.6 Å². The molecule has 4 heteroatoms. The third kappa shape index (κ3) is 7.38. The first-order chi connectivity index (χ1) is 7.58. The molecule has 2 unspecified atom stereocenters. The highest BCUT2D eigenvalue weighted by Gasteiger charge is 2.32. The number of rotatable bonds is 10. The van der Waals surface area contributed by atoms with Crippen LogP contribution < -0.4 is 5.32 Å². The molecule has 0 aromatic heterocycles. The van der Waals surface area contributed by atoms with Gasteiger partial charge in [0.25, 0.3) is 0 Å². The molecule has 0 saturated heterocycles. The van der Waals surface area contributed by atoms with Gasteiger partial charge in [0.05, 0.1) is 0 Å². The highest BCUT2D eigenvalue weighted by molar-refractivity contribution is 6.66. The molecular formula is C12H29NO2Si. The summed E-state index contributed by atoms with van der Waals surface area (Å²) in [7, 11) is -1.92. The summed E-state index contributed by atoms with van der Waals surface area (Å²) in [4.78, 5) is 0. The molecule has 0 aliphatic rings. The van der Waals surface area contributed by atoms with Crippen molar-refractivity contribution in [3.63, 3.8) is 0 Å². The van der Waals surface area contributed by atoms with Crippen molar-refractivity contribution in [1.82, 2.24) is 5.32 Å². The normalized spacial score (nSPS) is 17.1. The first-order valence-electron chi connectivity index (χ1n) is 6.60. The molecule has 16 heavy (non-hydrogen) atoms. The van der Waals surface area contributed by atoms with Crippen LogP contribution in [0, 0.1) is 0 Å². The smallest absolute Gasteiger partial charge is 0.335 e. The third-order valence-electron chi connectivity index (χ3n) is 2.71. The lowest BCUT2D eigenvalue weighted by Gasteiger charge is -2.29. The Morgan fingerprint density at radius 3 is 2.44 bits per heavy atom. The zero-order chi connectivity index (χ0) is 12.4. The van der Waals surface area contributed by atoms with Gasteiger partial charge in [-0.2, -0.15) is 0 Å². The van der Waals surface area contributed by atoms with E-state index in [1.807, 2.05) is 0 Å². The minimum atomic E-state index is -1.92. The maximum atomic E-state index is 6.10. The van der Waals surface area contributed by atoms with Crippen LogP contribution in [0.25, 0.3) is 0 Å². The molecule has 3 nitrogen and oxygen atoms in total. The Bertz CT molecular complexity index is 169. The molecular weight excluding hydrogens is 218 g/mol. The Kier molecular flexibility index (Phi) is 9.22. The van der Waals surface area contributed by atoms with E-state index in [1.165, 1.54) is 0 Å². The van der Waals surface area contributed by atoms with Gasteiger partial charge in [-0.3, -0.25) is 0 Å². The number of hydrogen-bond donors (Lipinski definition) is 1. The van der Waals surface area contributed by atoms with E-state index in [0.717, 1.165) is 38.6 Å². The van der Waals surface area contributed by atoms with E-state index >= 15 is 0 Å². The molecule has 0 aromatic carbocycles. The molecule has 1 N–H and O–H groups in total. The molecule has 0 saturated carbocycles. The summed E-state index contributed by atoms with van der Waals surface area (Å²) in [5.41, 5.74) is 0. The second-order valence-corrected chi connectivity index (χ2v) is 7.65. The topological polar surface area (TPSA) is 30.5 Å². The summed E-state index contributed by atoms with van der Waals surface area (Å²) in [5.74, 6) is 0. The fourth-order valence-electron chi connectivity index (χ4n) is 1.69. The Balaban J connectivity index is 4.00. The summed E-state index contributed by atoms with van der Waals surface area (Å²) in [6.45, 7) is 13.5. The minimum absolute atomic E-state index is 0.322. The molecule has 0 aliphatic heterocycles. The number of hydrogen-bond acceptors (Lipinski definition) is 3. The second kappa shape index (κ2) is 9.16. The predicted octanol–water partition coefficient (Wildman–Crippen LogP) is 2.91. The fraction of sp³-hybridized carbons (Fsp3) is 1.00. The quantitative estimate of drug-likeness (QED) is 0.475. The predicted molar refractivity (Wildman–Crippen MR) is 72.0 cm³/mol. The van der Waals surface area contributed by atoms with Crippen molar-refractivity contribution in [1.29, 1.82) is 0 Å². The first kappa shape index (κ1) is 16.1. The highest BCUT2D eigenvalue weighted by atomic mass is 28.4. The molecule has 0 radical (unpaired) electrons. The van der Waals surface area contributed by atoms with Gasteiger partial charge in [0.15, 0.2) is 0 Å². The lowest BCUT2D eigenvalue weighted by Crippen LogP contribution is -2.42. The Labute approximate surface area is 102 Å². The molecule has 2 atom stereocenters. The maximum Gasteiger partial charge on any atom is 0.335 e. The largest absolute Gasteiger partial charge is 0.395 e. The van der Waals surface area contributed by atoms with E-state index in [0.29, 0.717) is 6.10 Å². The van der Waals surface area contributed by atoms with Crippen molar-refractivity contribution in [2.75, 3.05) is 19.7 Å². The lowest BCUT2D eigenvalue weighted by molar-refractivity contribution is 0.127. The van der Waals surface area contributed by atoms with Crippen molar-refractivity contribution in [2.24, 2.45) is 0 Å². The average Bonchev–Trinajstić information content (AvgIpc) is 2.24. The van der Waals surface area contributed by atoms with Crippen LogP contribution in [0.4, 0.5) is 0 Å². The molecule has 0 rings (SSSR count). The highest BCUT2D eigenvalue weighted by Crippen LogP contribution is 2.18. The van der Waals surface area contributed by atoms with Gasteiger partial charge in [-0.1, -0.05) is 13.8 Å². The van der Waals surface area contributed by atoms with Crippen molar-refractivity contribution in [3.05, 3.63) is 0 Å². The maximum absolute atomic E-state index is 6.10. The van der Waals surface area contributed by atoms with Crippen LogP contribution in [-0.2, 0) is 8.85 Å². The van der Waals surface area contributed by atoms with Crippen molar-refractivity contribution < 1.29 is 8.85 Å². The molecule has 0 bridgehead atoms. The van der Waals surface area contributed by atoms with E-state index in [9.17, 15) is 0 Å². The van der Waals surface area contributed by atoms with Gasteiger partial charge < -0.3 is 14.2 Å². The van der Waals surface area contributed by atoms with Crippen LogP contribution in [0.15, 0.2) is 0 Å². The zero-order valence-electron chi connectivity index (χ0n) is 11.6. The van der Waals surface area contributed by atoms with Gasteiger partial charge >= 0.3 is 8.56 Å². The first-order valence-corrected chi connectivity index (χ1v) is 9.12. The SMILES string of the molecule is CCNCCC[Si](C)(OCC)OC(C)CC. The lowest BCUT2D eigenvalue weighted by atomic mass is 10.3. The molecule has 0 spiro atoms. The van der Waals surface area contributed by atoms with Gasteiger partial charge in [0.1, 0.15) is 0 Å². The van der Waals surface area contributed by atoms with Crippen molar-refractivity contribution in [2.45, 2.75) is 59.2 Å². The Morgan fingerprint density at radius 2 is 1.94 bits per heavy atom. The van der Waals surface area contributed by atoms with Gasteiger partial charge in [-0.05, 0) is 52.4 Å². The molecule has 0 fully saturated rings. The van der Waals surface area contributed by atoms with Crippen LogP contribution in [0.2, 0.25) is 12.6 Å². The monoisotopic (exact) mass is 247 g/mol. The van der Waals surface area contributed by atoms with Gasteiger partial charge in [0.2, 0.25) is 0 Å². The minimum Gasteiger partial charge on any atom is -0.395 e. The average molecular weight is 247 g/mol. The molecule has 0 amide bonds. The summed E-state index contributed by atoms with van der Waals surface area (Å²) in [6, 6.07) is 1.08. The summed E-state index contributed by atoms with van der Waals surface area (Å²) in [6.07, 6.45) is 2.53. The van der Waals surface area contributed by atoms with Crippen LogP contribution in [0.1, 0.15) is 40.5 Å². The van der Waals surface area contributed by atoms with Crippen LogP contribution >= 0.6 is 0 Å². The Hall–Kier alpha value is 0.0969. The number of nitrogens with one attached hydrogen (secondary N) is 1. The van der Waals surface area contributed by atoms with E-state index in [-0.39, 0.29) is 0 Å². The Morgan fingerprint density at radius 1 is 1.25 bits per heavy atom. The third-order valence-corrected chi connectivity index (χ3v) is 5.77. The standard InChI is InChI=1S/C12H29NO2Si/c1-6-12(4)15-16(5,14-8-3)11-9-10-13-7-2/h12-13H,6-11H2,1-5H3. The van der Waals surface area contributed by atoms with E-state index < -0.39 is 8.56 Å². The fourth-order valence-corrected chi connectivity index (χ4v) is 4.47. The van der Waals surface area contributed by atoms with Crippen LogP contribution in [0.3, 0.4) is 0 Å². The van der Waals surface area contributed by atoms with Crippen LogP contribution in [-0.4, -0.2) is 34.4 Å². The van der Waals surface area contributed by atoms with Crippen molar-refractivity contribution >= 4 is 8.56 Å². The van der Waals surface area contributed by atoms with Crippen molar-refractivity contribution in [3.8, 4) is 0 Å². The van der Waals surface area contributed by atoms with E-state index in [4.69, 9.17) is 8.85 Å². The molecule has 98 valence electrons.